The van der Waals surface area contributed by atoms with Crippen LogP contribution in [-0.4, -0.2) is 180 Å². The van der Waals surface area contributed by atoms with Crippen LogP contribution < -0.4 is 69.5 Å². The standard InChI is InChI=1S/C60H101N13O16/c1-34(2)32-43-50(79)71-41(25-30-65-55(84)88-59(11,12)13)47(76)68-39(23-29-64-54(83)87-58(8,9)10)35(3)67-45(36(4)74)52(81)62-28-24-40(69-46(75)38(61)22-27-63-53(82)86-57(5,6)7)48(77)70-42(26-31-66-56(85)89-60(14,15)16)49(78)73-44(51(80)72-43)33-37-20-18-17-19-21-37/h17-21,34,36,38-45,67,74H,3,22-33,61H2,1-2,4-16H3,(H,62,81)(H,63,82)(H,64,83)(H,65,84)(H,66,85)(H,68,76)(H,69,75)(H,70,77)(H,71,79)(H,72,80)(H,73,78)/t36-,38+,39+,40+,41+,42+,43+,44-,45+/m1/s1. The van der Waals surface area contributed by atoms with Gasteiger partial charge in [0.15, 0.2) is 0 Å². The van der Waals surface area contributed by atoms with Crippen molar-refractivity contribution in [1.82, 2.24) is 63.8 Å². The molecule has 1 aliphatic rings. The van der Waals surface area contributed by atoms with E-state index in [0.29, 0.717) is 5.56 Å². The smallest absolute Gasteiger partial charge is 0.407 e. The van der Waals surface area contributed by atoms with Crippen molar-refractivity contribution in [2.24, 2.45) is 11.7 Å². The largest absolute Gasteiger partial charge is 0.444 e. The molecule has 0 aliphatic carbocycles. The van der Waals surface area contributed by atoms with Gasteiger partial charge in [-0.3, -0.25) is 33.6 Å². The molecule has 1 aromatic rings. The first-order valence-corrected chi connectivity index (χ1v) is 30.0. The number of aliphatic hydroxyl groups excluding tert-OH is 1. The monoisotopic (exact) mass is 1260 g/mol. The number of ether oxygens (including phenoxy) is 4. The number of aliphatic hydroxyl groups is 1. The number of nitrogens with one attached hydrogen (secondary N) is 12. The first kappa shape index (κ1) is 77.1. The van der Waals surface area contributed by atoms with Crippen LogP contribution in [0.25, 0.3) is 0 Å². The molecule has 15 N–H and O–H groups in total. The van der Waals surface area contributed by atoms with Crippen molar-refractivity contribution < 1.29 is 76.8 Å². The number of benzene rings is 1. The van der Waals surface area contributed by atoms with E-state index in [4.69, 9.17) is 24.7 Å². The third kappa shape index (κ3) is 32.7. The van der Waals surface area contributed by atoms with Gasteiger partial charge in [-0.2, -0.15) is 0 Å². The van der Waals surface area contributed by atoms with Crippen LogP contribution >= 0.6 is 0 Å². The Morgan fingerprint density at radius 1 is 0.551 bits per heavy atom. The lowest BCUT2D eigenvalue weighted by Gasteiger charge is -2.30. The maximum absolute atomic E-state index is 14.8. The molecular formula is C60H101N13O16. The van der Waals surface area contributed by atoms with Crippen molar-refractivity contribution in [2.45, 2.75) is 226 Å². The summed E-state index contributed by atoms with van der Waals surface area (Å²) in [7, 11) is 0. The summed E-state index contributed by atoms with van der Waals surface area (Å²) in [5.41, 5.74) is 3.24. The SMILES string of the molecule is C=C1N[C@@H]([C@@H](C)O)C(=O)NCC[C@H](NC(=O)[C@@H](N)CCNC(=O)OC(C)(C)C)C(=O)N[C@@H](CCNC(=O)OC(C)(C)C)C(=O)N[C@H](Cc2ccccc2)C(=O)N[C@@H](CC(C)C)C(=O)N[C@@H](CCNC(=O)OC(C)(C)C)C(=O)N[C@H]1CCNC(=O)OC(C)(C)C. The molecule has 0 spiro atoms. The molecule has 502 valence electrons. The number of amides is 11. The number of hydrogen-bond donors (Lipinski definition) is 14. The Hall–Kier alpha value is -7.95. The molecule has 89 heavy (non-hydrogen) atoms. The maximum atomic E-state index is 14.8. The molecule has 1 heterocycles. The maximum Gasteiger partial charge on any atom is 0.407 e. The van der Waals surface area contributed by atoms with Crippen molar-refractivity contribution in [2.75, 3.05) is 32.7 Å². The molecule has 1 aromatic carbocycles. The first-order valence-electron chi connectivity index (χ1n) is 30.0. The highest BCUT2D eigenvalue weighted by Gasteiger charge is 2.36. The number of nitrogens with two attached hydrogens (primary N) is 1. The van der Waals surface area contributed by atoms with Crippen molar-refractivity contribution >= 4 is 65.7 Å². The molecule has 1 saturated heterocycles. The van der Waals surface area contributed by atoms with Gasteiger partial charge >= 0.3 is 24.4 Å². The second-order valence-electron chi connectivity index (χ2n) is 26.1. The van der Waals surface area contributed by atoms with Gasteiger partial charge in [0.05, 0.1) is 18.2 Å². The Kier molecular flexibility index (Phi) is 31.1. The second-order valence-corrected chi connectivity index (χ2v) is 26.1. The van der Waals surface area contributed by atoms with E-state index in [0.717, 1.165) is 0 Å². The molecule has 11 amide bonds. The molecule has 0 aromatic heterocycles. The molecule has 0 radical (unpaired) electrons. The molecule has 1 fully saturated rings. The van der Waals surface area contributed by atoms with Crippen LogP contribution in [0.1, 0.15) is 148 Å². The van der Waals surface area contributed by atoms with Crippen LogP contribution in [0.15, 0.2) is 42.6 Å². The summed E-state index contributed by atoms with van der Waals surface area (Å²) >= 11 is 0. The van der Waals surface area contributed by atoms with Crippen LogP contribution in [0.5, 0.6) is 0 Å². The van der Waals surface area contributed by atoms with Gasteiger partial charge < -0.3 is 93.6 Å². The normalized spacial score (nSPS) is 21.5. The Bertz CT molecular complexity index is 2560. The molecule has 9 atom stereocenters. The van der Waals surface area contributed by atoms with Crippen LogP contribution in [0, 0.1) is 5.92 Å². The minimum atomic E-state index is -1.59. The van der Waals surface area contributed by atoms with Crippen molar-refractivity contribution in [3.05, 3.63) is 48.2 Å². The van der Waals surface area contributed by atoms with Crippen LogP contribution in [-0.2, 0) is 58.9 Å². The summed E-state index contributed by atoms with van der Waals surface area (Å²) < 4.78 is 21.4. The molecule has 29 heteroatoms. The minimum Gasteiger partial charge on any atom is -0.444 e. The molecule has 1 aliphatic heterocycles. The highest BCUT2D eigenvalue weighted by atomic mass is 16.6. The first-order chi connectivity index (χ1) is 41.1. The Morgan fingerprint density at radius 3 is 1.37 bits per heavy atom. The van der Waals surface area contributed by atoms with Crippen LogP contribution in [0.3, 0.4) is 0 Å². The van der Waals surface area contributed by atoms with Gasteiger partial charge in [0, 0.05) is 44.8 Å². The number of carbonyl (C=O) groups is 11. The minimum absolute atomic E-state index is 0.0113. The lowest BCUT2D eigenvalue weighted by molar-refractivity contribution is -0.135. The molecular weight excluding hydrogens is 1160 g/mol. The van der Waals surface area contributed by atoms with Gasteiger partial charge in [-0.25, -0.2) is 19.2 Å². The number of rotatable bonds is 19. The number of alkyl carbamates (subject to hydrolysis) is 4. The summed E-state index contributed by atoms with van der Waals surface area (Å²) in [5, 5.41) is 43.0. The highest BCUT2D eigenvalue weighted by molar-refractivity contribution is 5.97. The van der Waals surface area contributed by atoms with E-state index in [9.17, 15) is 57.8 Å². The third-order valence-electron chi connectivity index (χ3n) is 12.5. The van der Waals surface area contributed by atoms with E-state index < -0.39 is 149 Å². The second kappa shape index (κ2) is 35.9. The van der Waals surface area contributed by atoms with Crippen molar-refractivity contribution in [3.63, 3.8) is 0 Å². The van der Waals surface area contributed by atoms with Crippen molar-refractivity contribution in [1.29, 1.82) is 0 Å². The summed E-state index contributed by atoms with van der Waals surface area (Å²) in [4.78, 5) is 153. The third-order valence-corrected chi connectivity index (χ3v) is 12.5. The number of hydrogen-bond acceptors (Lipinski definition) is 18. The summed E-state index contributed by atoms with van der Waals surface area (Å²) in [5.74, 6) is -6.56. The zero-order valence-electron chi connectivity index (χ0n) is 54.5. The zero-order valence-corrected chi connectivity index (χ0v) is 54.5. The average Bonchev–Trinajstić information content (AvgIpc) is 3.44. The summed E-state index contributed by atoms with van der Waals surface area (Å²) in [6.45, 7) is 27.6. The van der Waals surface area contributed by atoms with E-state index in [1.54, 1.807) is 127 Å². The lowest BCUT2D eigenvalue weighted by Crippen LogP contribution is -2.60. The molecule has 0 saturated carbocycles. The van der Waals surface area contributed by atoms with Gasteiger partial charge in [-0.1, -0.05) is 50.8 Å². The quantitative estimate of drug-likeness (QED) is 0.0874. The van der Waals surface area contributed by atoms with Gasteiger partial charge in [0.1, 0.15) is 58.7 Å². The van der Waals surface area contributed by atoms with Crippen LogP contribution in [0.4, 0.5) is 19.2 Å². The summed E-state index contributed by atoms with van der Waals surface area (Å²) in [6.07, 6.45) is -6.17. The Labute approximate surface area is 522 Å². The summed E-state index contributed by atoms with van der Waals surface area (Å²) in [6, 6.07) is -3.05. The fourth-order valence-electron chi connectivity index (χ4n) is 8.37. The lowest BCUT2D eigenvalue weighted by atomic mass is 10.00. The van der Waals surface area contributed by atoms with E-state index >= 15 is 0 Å². The Morgan fingerprint density at radius 2 is 0.933 bits per heavy atom. The van der Waals surface area contributed by atoms with Crippen molar-refractivity contribution in [3.8, 4) is 0 Å². The topological polar surface area (TPSA) is 415 Å². The fraction of sp³-hybridized carbons (Fsp3) is 0.683. The van der Waals surface area contributed by atoms with E-state index in [2.05, 4.69) is 70.4 Å². The highest BCUT2D eigenvalue weighted by Crippen LogP contribution is 2.15. The molecule has 0 bridgehead atoms. The molecule has 0 unspecified atom stereocenters. The van der Waals surface area contributed by atoms with Gasteiger partial charge in [-0.05, 0) is 140 Å². The van der Waals surface area contributed by atoms with Gasteiger partial charge in [-0.15, -0.1) is 0 Å². The Balaban J connectivity index is 2.91. The van der Waals surface area contributed by atoms with E-state index in [1.807, 2.05) is 0 Å². The molecule has 29 nitrogen and oxygen atoms in total. The van der Waals surface area contributed by atoms with Gasteiger partial charge in [0.25, 0.3) is 0 Å². The van der Waals surface area contributed by atoms with Gasteiger partial charge in [0.2, 0.25) is 41.4 Å². The predicted molar refractivity (Wildman–Crippen MR) is 330 cm³/mol. The zero-order chi connectivity index (χ0) is 67.6. The molecule has 2 rings (SSSR count). The fourth-order valence-corrected chi connectivity index (χ4v) is 8.37. The number of carbonyl (C=O) groups excluding carboxylic acids is 11. The van der Waals surface area contributed by atoms with E-state index in [-0.39, 0.29) is 82.7 Å². The van der Waals surface area contributed by atoms with Crippen LogP contribution in [0.2, 0.25) is 0 Å². The average molecular weight is 1260 g/mol. The van der Waals surface area contributed by atoms with E-state index in [1.165, 1.54) is 6.92 Å². The predicted octanol–water partition coefficient (Wildman–Crippen LogP) is 1.54.